The minimum atomic E-state index is 0.674. The molecule has 0 amide bonds. The van der Waals surface area contributed by atoms with Gasteiger partial charge in [0.15, 0.2) is 0 Å². The molecule has 2 heteroatoms. The van der Waals surface area contributed by atoms with Crippen molar-refractivity contribution >= 4 is 11.6 Å². The number of hydrogen-bond acceptors (Lipinski definition) is 1. The fourth-order valence-electron chi connectivity index (χ4n) is 2.33. The van der Waals surface area contributed by atoms with Crippen molar-refractivity contribution in [2.75, 3.05) is 6.54 Å². The van der Waals surface area contributed by atoms with Crippen LogP contribution in [0, 0.1) is 0 Å². The SMILES string of the molecule is CCCCNC1CC(c2ccccc2Cl)C1. The van der Waals surface area contributed by atoms with E-state index in [1.54, 1.807) is 0 Å². The fraction of sp³-hybridized carbons (Fsp3) is 0.571. The number of benzene rings is 1. The molecule has 0 radical (unpaired) electrons. The molecule has 0 heterocycles. The predicted octanol–water partition coefficient (Wildman–Crippen LogP) is 3.98. The van der Waals surface area contributed by atoms with E-state index in [4.69, 9.17) is 11.6 Å². The summed E-state index contributed by atoms with van der Waals surface area (Å²) in [6, 6.07) is 8.96. The minimum absolute atomic E-state index is 0.674. The molecule has 1 saturated carbocycles. The maximum atomic E-state index is 6.19. The van der Waals surface area contributed by atoms with E-state index in [0.717, 1.165) is 11.6 Å². The largest absolute Gasteiger partial charge is 0.314 e. The third-order valence-corrected chi connectivity index (χ3v) is 3.79. The zero-order valence-electron chi connectivity index (χ0n) is 9.88. The van der Waals surface area contributed by atoms with Gasteiger partial charge in [0.05, 0.1) is 0 Å². The van der Waals surface area contributed by atoms with Gasteiger partial charge in [0.25, 0.3) is 0 Å². The third-order valence-electron chi connectivity index (χ3n) is 3.45. The standard InChI is InChI=1S/C14H20ClN/c1-2-3-8-16-12-9-11(10-12)13-6-4-5-7-14(13)15/h4-7,11-12,16H,2-3,8-10H2,1H3. The van der Waals surface area contributed by atoms with Crippen molar-refractivity contribution in [1.82, 2.24) is 5.32 Å². The zero-order chi connectivity index (χ0) is 11.4. The van der Waals surface area contributed by atoms with Gasteiger partial charge in [0.1, 0.15) is 0 Å². The molecular formula is C14H20ClN. The van der Waals surface area contributed by atoms with Crippen molar-refractivity contribution in [2.45, 2.75) is 44.6 Å². The molecule has 0 saturated heterocycles. The molecule has 1 nitrogen and oxygen atoms in total. The number of unbranched alkanes of at least 4 members (excludes halogenated alkanes) is 1. The van der Waals surface area contributed by atoms with Gasteiger partial charge in [-0.15, -0.1) is 0 Å². The van der Waals surface area contributed by atoms with Crippen LogP contribution >= 0.6 is 11.6 Å². The molecule has 0 unspecified atom stereocenters. The van der Waals surface area contributed by atoms with Gasteiger partial charge in [-0.05, 0) is 43.4 Å². The highest BCUT2D eigenvalue weighted by atomic mass is 35.5. The average Bonchev–Trinajstić information content (AvgIpc) is 2.23. The van der Waals surface area contributed by atoms with Crippen molar-refractivity contribution in [3.05, 3.63) is 34.9 Å². The Morgan fingerprint density at radius 2 is 2.06 bits per heavy atom. The molecule has 1 aliphatic rings. The Morgan fingerprint density at radius 1 is 1.31 bits per heavy atom. The maximum absolute atomic E-state index is 6.19. The number of halogens is 1. The normalized spacial score (nSPS) is 24.1. The number of rotatable bonds is 5. The molecule has 16 heavy (non-hydrogen) atoms. The summed E-state index contributed by atoms with van der Waals surface area (Å²) in [6.45, 7) is 3.39. The van der Waals surface area contributed by atoms with Crippen molar-refractivity contribution in [3.63, 3.8) is 0 Å². The molecule has 1 aromatic carbocycles. The Balaban J connectivity index is 1.78. The summed E-state index contributed by atoms with van der Waals surface area (Å²) in [6.07, 6.45) is 5.04. The van der Waals surface area contributed by atoms with E-state index in [9.17, 15) is 0 Å². The Labute approximate surface area is 103 Å². The summed E-state index contributed by atoms with van der Waals surface area (Å²) in [5.74, 6) is 0.674. The van der Waals surface area contributed by atoms with E-state index in [2.05, 4.69) is 24.4 Å². The van der Waals surface area contributed by atoms with Crippen LogP contribution in [-0.2, 0) is 0 Å². The van der Waals surface area contributed by atoms with Crippen molar-refractivity contribution in [2.24, 2.45) is 0 Å². The second-order valence-electron chi connectivity index (χ2n) is 4.69. The van der Waals surface area contributed by atoms with Crippen LogP contribution in [-0.4, -0.2) is 12.6 Å². The van der Waals surface area contributed by atoms with E-state index in [0.29, 0.717) is 12.0 Å². The molecule has 0 bridgehead atoms. The van der Waals surface area contributed by atoms with Crippen LogP contribution in [0.1, 0.15) is 44.1 Å². The molecule has 0 aromatic heterocycles. The highest BCUT2D eigenvalue weighted by Crippen LogP contribution is 2.39. The smallest absolute Gasteiger partial charge is 0.0440 e. The lowest BCUT2D eigenvalue weighted by Gasteiger charge is -2.36. The number of hydrogen-bond donors (Lipinski definition) is 1. The summed E-state index contributed by atoms with van der Waals surface area (Å²) < 4.78 is 0. The highest BCUT2D eigenvalue weighted by Gasteiger charge is 2.30. The summed E-state index contributed by atoms with van der Waals surface area (Å²) in [7, 11) is 0. The number of nitrogens with one attached hydrogen (secondary N) is 1. The predicted molar refractivity (Wildman–Crippen MR) is 70.1 cm³/mol. The molecule has 0 atom stereocenters. The van der Waals surface area contributed by atoms with Gasteiger partial charge in [-0.25, -0.2) is 0 Å². The second kappa shape index (κ2) is 5.70. The molecule has 0 aliphatic heterocycles. The van der Waals surface area contributed by atoms with Crippen LogP contribution in [0.2, 0.25) is 5.02 Å². The Morgan fingerprint density at radius 3 is 2.75 bits per heavy atom. The maximum Gasteiger partial charge on any atom is 0.0440 e. The summed E-state index contributed by atoms with van der Waals surface area (Å²) >= 11 is 6.19. The monoisotopic (exact) mass is 237 g/mol. The van der Waals surface area contributed by atoms with Gasteiger partial charge in [-0.3, -0.25) is 0 Å². The lowest BCUT2D eigenvalue weighted by molar-refractivity contribution is 0.290. The van der Waals surface area contributed by atoms with Crippen LogP contribution in [0.5, 0.6) is 0 Å². The Hall–Kier alpha value is -0.530. The van der Waals surface area contributed by atoms with Crippen molar-refractivity contribution in [3.8, 4) is 0 Å². The van der Waals surface area contributed by atoms with Gasteiger partial charge >= 0.3 is 0 Å². The lowest BCUT2D eigenvalue weighted by atomic mass is 9.76. The Bertz CT molecular complexity index is 331. The Kier molecular flexibility index (Phi) is 4.25. The quantitative estimate of drug-likeness (QED) is 0.764. The molecule has 1 aliphatic carbocycles. The van der Waals surface area contributed by atoms with Crippen LogP contribution in [0.3, 0.4) is 0 Å². The molecule has 1 aromatic rings. The second-order valence-corrected chi connectivity index (χ2v) is 5.10. The third kappa shape index (κ3) is 2.78. The first-order valence-electron chi connectivity index (χ1n) is 6.29. The van der Waals surface area contributed by atoms with Crippen LogP contribution < -0.4 is 5.32 Å². The van der Waals surface area contributed by atoms with Crippen LogP contribution in [0.4, 0.5) is 0 Å². The molecule has 88 valence electrons. The first-order chi connectivity index (χ1) is 7.81. The van der Waals surface area contributed by atoms with Gasteiger partial charge in [0, 0.05) is 11.1 Å². The molecule has 1 N–H and O–H groups in total. The van der Waals surface area contributed by atoms with Crippen LogP contribution in [0.15, 0.2) is 24.3 Å². The summed E-state index contributed by atoms with van der Waals surface area (Å²) in [5, 5.41) is 4.53. The van der Waals surface area contributed by atoms with E-state index in [-0.39, 0.29) is 0 Å². The van der Waals surface area contributed by atoms with E-state index in [1.807, 2.05) is 12.1 Å². The van der Waals surface area contributed by atoms with Gasteiger partial charge in [-0.1, -0.05) is 43.1 Å². The summed E-state index contributed by atoms with van der Waals surface area (Å²) in [5.41, 5.74) is 1.33. The van der Waals surface area contributed by atoms with Gasteiger partial charge < -0.3 is 5.32 Å². The summed E-state index contributed by atoms with van der Waals surface area (Å²) in [4.78, 5) is 0. The van der Waals surface area contributed by atoms with Gasteiger partial charge in [-0.2, -0.15) is 0 Å². The van der Waals surface area contributed by atoms with Crippen molar-refractivity contribution in [1.29, 1.82) is 0 Å². The molecule has 1 fully saturated rings. The van der Waals surface area contributed by atoms with E-state index in [1.165, 1.54) is 31.2 Å². The zero-order valence-corrected chi connectivity index (χ0v) is 10.6. The van der Waals surface area contributed by atoms with E-state index >= 15 is 0 Å². The fourth-order valence-corrected chi connectivity index (χ4v) is 2.62. The molecule has 0 spiro atoms. The topological polar surface area (TPSA) is 12.0 Å². The highest BCUT2D eigenvalue weighted by molar-refractivity contribution is 6.31. The van der Waals surface area contributed by atoms with Crippen LogP contribution in [0.25, 0.3) is 0 Å². The van der Waals surface area contributed by atoms with E-state index < -0.39 is 0 Å². The van der Waals surface area contributed by atoms with Crippen molar-refractivity contribution < 1.29 is 0 Å². The lowest BCUT2D eigenvalue weighted by Crippen LogP contribution is -2.40. The first-order valence-corrected chi connectivity index (χ1v) is 6.67. The molecular weight excluding hydrogens is 218 g/mol. The molecule has 2 rings (SSSR count). The minimum Gasteiger partial charge on any atom is -0.314 e. The van der Waals surface area contributed by atoms with Gasteiger partial charge in [0.2, 0.25) is 0 Å². The first kappa shape index (κ1) is 11.9. The average molecular weight is 238 g/mol.